The number of carbonyl (C=O) groups is 1. The first-order valence-electron chi connectivity index (χ1n) is 13.9. The number of benzene rings is 1. The van der Waals surface area contributed by atoms with Crippen molar-refractivity contribution in [3.05, 3.63) is 107 Å². The number of nitrogen functional groups attached to an aromatic ring is 1. The second kappa shape index (κ2) is 15.6. The van der Waals surface area contributed by atoms with Crippen LogP contribution in [0.4, 0.5) is 5.69 Å². The van der Waals surface area contributed by atoms with Gasteiger partial charge in [0.2, 0.25) is 5.91 Å². The molecule has 1 atom stereocenters. The Bertz CT molecular complexity index is 1210. The summed E-state index contributed by atoms with van der Waals surface area (Å²) in [7, 11) is 0. The first-order valence-corrected chi connectivity index (χ1v) is 13.9. The van der Waals surface area contributed by atoms with E-state index in [0.29, 0.717) is 6.42 Å². The number of anilines is 1. The molecular weight excluding hydrogens is 466 g/mol. The molecular formula is C34H43N3O. The van der Waals surface area contributed by atoms with Crippen molar-refractivity contribution in [3.63, 3.8) is 0 Å². The van der Waals surface area contributed by atoms with Crippen LogP contribution in [-0.4, -0.2) is 17.7 Å². The summed E-state index contributed by atoms with van der Waals surface area (Å²) in [6.07, 6.45) is 26.7. The molecule has 0 fully saturated rings. The van der Waals surface area contributed by atoms with Crippen LogP contribution in [0, 0.1) is 0 Å². The van der Waals surface area contributed by atoms with E-state index in [1.807, 2.05) is 25.1 Å². The Morgan fingerprint density at radius 1 is 1.18 bits per heavy atom. The third-order valence-corrected chi connectivity index (χ3v) is 6.88. The Kier molecular flexibility index (Phi) is 11.9. The standard InChI is InChI=1S/C34H43N3O/c1-4-5-6-7-14-27(26(2)3)15-9-11-19-33(38)37-31-18-10-8-16-28(20-22-31)34-32-23-21-30(35)25-29(32)17-12-13-24-36-34/h4-5,7,9,12,14-15,20-21,23-25,31H,6,8,10-11,16-19,22,35H2,1-3H3,(H,37,38)/b5-4?,14-7?,15-9?,28-20-,36-34?. The van der Waals surface area contributed by atoms with Crippen LogP contribution in [0.15, 0.2) is 100 Å². The van der Waals surface area contributed by atoms with Crippen LogP contribution in [-0.2, 0) is 11.2 Å². The summed E-state index contributed by atoms with van der Waals surface area (Å²) in [6.45, 7) is 6.27. The highest BCUT2D eigenvalue weighted by molar-refractivity contribution is 6.14. The maximum absolute atomic E-state index is 12.7. The molecule has 1 aliphatic heterocycles. The summed E-state index contributed by atoms with van der Waals surface area (Å²) in [4.78, 5) is 17.5. The molecule has 0 aromatic heterocycles. The summed E-state index contributed by atoms with van der Waals surface area (Å²) in [5.74, 6) is 0.120. The van der Waals surface area contributed by atoms with Crippen LogP contribution in [0.3, 0.4) is 0 Å². The topological polar surface area (TPSA) is 67.5 Å². The first kappa shape index (κ1) is 28.9. The van der Waals surface area contributed by atoms with Gasteiger partial charge in [-0.2, -0.15) is 0 Å². The van der Waals surface area contributed by atoms with Crippen LogP contribution in [0.25, 0.3) is 0 Å². The van der Waals surface area contributed by atoms with E-state index in [-0.39, 0.29) is 11.9 Å². The van der Waals surface area contributed by atoms with Crippen molar-refractivity contribution in [3.8, 4) is 0 Å². The Balaban J connectivity index is 1.60. The fourth-order valence-electron chi connectivity index (χ4n) is 4.74. The average Bonchev–Trinajstić information content (AvgIpc) is 2.86. The Hall–Kier alpha value is -3.62. The van der Waals surface area contributed by atoms with Gasteiger partial charge >= 0.3 is 0 Å². The molecule has 3 N–H and O–H groups in total. The summed E-state index contributed by atoms with van der Waals surface area (Å²) in [6, 6.07) is 6.22. The molecule has 3 rings (SSSR count). The molecule has 0 saturated carbocycles. The molecule has 1 aromatic carbocycles. The van der Waals surface area contributed by atoms with Gasteiger partial charge in [-0.1, -0.05) is 60.6 Å². The quantitative estimate of drug-likeness (QED) is 0.154. The largest absolute Gasteiger partial charge is 0.399 e. The molecule has 1 aliphatic carbocycles. The van der Waals surface area contributed by atoms with E-state index in [1.54, 1.807) is 6.20 Å². The van der Waals surface area contributed by atoms with Gasteiger partial charge in [0, 0.05) is 23.7 Å². The van der Waals surface area contributed by atoms with Crippen LogP contribution < -0.4 is 11.1 Å². The molecule has 1 unspecified atom stereocenters. The highest BCUT2D eigenvalue weighted by atomic mass is 16.1. The van der Waals surface area contributed by atoms with Crippen LogP contribution >= 0.6 is 0 Å². The summed E-state index contributed by atoms with van der Waals surface area (Å²) in [5, 5.41) is 3.29. The zero-order chi connectivity index (χ0) is 27.2. The van der Waals surface area contributed by atoms with Gasteiger partial charge in [-0.05, 0) is 101 Å². The second-order valence-corrected chi connectivity index (χ2v) is 10.2. The third kappa shape index (κ3) is 9.36. The normalized spacial score (nSPS) is 19.3. The molecule has 2 aliphatic rings. The van der Waals surface area contributed by atoms with Crippen molar-refractivity contribution in [2.75, 3.05) is 5.73 Å². The molecule has 0 bridgehead atoms. The van der Waals surface area contributed by atoms with Crippen molar-refractivity contribution < 1.29 is 4.79 Å². The number of rotatable bonds is 9. The monoisotopic (exact) mass is 509 g/mol. The number of aliphatic imine (C=N–C) groups is 1. The van der Waals surface area contributed by atoms with Crippen LogP contribution in [0.1, 0.15) is 83.3 Å². The van der Waals surface area contributed by atoms with Gasteiger partial charge < -0.3 is 11.1 Å². The minimum atomic E-state index is 0.120. The van der Waals surface area contributed by atoms with E-state index in [2.05, 4.69) is 73.5 Å². The molecule has 1 amide bonds. The molecule has 1 aromatic rings. The SMILES string of the molecule is CC=CCC=CC(C=CCCC(=O)NC1C/C=C(\C2=NC=C=CCc3cc(N)ccc32)CCCC1)=C(C)C. The Morgan fingerprint density at radius 3 is 2.84 bits per heavy atom. The number of nitrogens with two attached hydrogens (primary N) is 1. The maximum Gasteiger partial charge on any atom is 0.220 e. The molecule has 4 nitrogen and oxygen atoms in total. The lowest BCUT2D eigenvalue weighted by Crippen LogP contribution is -2.34. The molecule has 200 valence electrons. The van der Waals surface area contributed by atoms with E-state index < -0.39 is 0 Å². The lowest BCUT2D eigenvalue weighted by Gasteiger charge is -2.22. The van der Waals surface area contributed by atoms with Gasteiger partial charge in [0.25, 0.3) is 0 Å². The van der Waals surface area contributed by atoms with Gasteiger partial charge in [-0.3, -0.25) is 4.79 Å². The van der Waals surface area contributed by atoms with Crippen molar-refractivity contribution in [1.29, 1.82) is 0 Å². The number of allylic oxidation sites excluding steroid dienone is 10. The fraction of sp³-hybridized carbons (Fsp3) is 0.382. The van der Waals surface area contributed by atoms with Crippen LogP contribution in [0.5, 0.6) is 0 Å². The van der Waals surface area contributed by atoms with Gasteiger partial charge in [0.1, 0.15) is 0 Å². The number of hydrogen-bond acceptors (Lipinski definition) is 3. The predicted octanol–water partition coefficient (Wildman–Crippen LogP) is 7.85. The number of nitrogens with one attached hydrogen (secondary N) is 1. The lowest BCUT2D eigenvalue weighted by molar-refractivity contribution is -0.121. The molecule has 0 saturated heterocycles. The maximum atomic E-state index is 12.7. The first-order chi connectivity index (χ1) is 18.5. The van der Waals surface area contributed by atoms with E-state index in [0.717, 1.165) is 68.3 Å². The number of nitrogens with zero attached hydrogens (tertiary/aromatic N) is 1. The van der Waals surface area contributed by atoms with Gasteiger partial charge in [0.15, 0.2) is 0 Å². The molecule has 38 heavy (non-hydrogen) atoms. The van der Waals surface area contributed by atoms with Crippen molar-refractivity contribution in [2.24, 2.45) is 4.99 Å². The van der Waals surface area contributed by atoms with Crippen molar-refractivity contribution in [2.45, 2.75) is 84.6 Å². The smallest absolute Gasteiger partial charge is 0.220 e. The lowest BCUT2D eigenvalue weighted by atomic mass is 9.89. The number of amides is 1. The van der Waals surface area contributed by atoms with E-state index in [9.17, 15) is 4.79 Å². The predicted molar refractivity (Wildman–Crippen MR) is 162 cm³/mol. The summed E-state index contributed by atoms with van der Waals surface area (Å²) >= 11 is 0. The van der Waals surface area contributed by atoms with Crippen molar-refractivity contribution >= 4 is 17.3 Å². The zero-order valence-corrected chi connectivity index (χ0v) is 23.3. The Morgan fingerprint density at radius 2 is 2.03 bits per heavy atom. The van der Waals surface area contributed by atoms with E-state index >= 15 is 0 Å². The van der Waals surface area contributed by atoms with E-state index in [1.165, 1.54) is 22.3 Å². The van der Waals surface area contributed by atoms with Gasteiger partial charge in [-0.15, -0.1) is 5.73 Å². The minimum Gasteiger partial charge on any atom is -0.399 e. The van der Waals surface area contributed by atoms with Crippen LogP contribution in [0.2, 0.25) is 0 Å². The van der Waals surface area contributed by atoms with Gasteiger partial charge in [0.05, 0.1) is 11.9 Å². The zero-order valence-electron chi connectivity index (χ0n) is 23.3. The average molecular weight is 510 g/mol. The summed E-state index contributed by atoms with van der Waals surface area (Å²) < 4.78 is 0. The minimum absolute atomic E-state index is 0.120. The highest BCUT2D eigenvalue weighted by Crippen LogP contribution is 2.26. The second-order valence-electron chi connectivity index (χ2n) is 10.2. The van der Waals surface area contributed by atoms with Gasteiger partial charge in [-0.25, -0.2) is 4.99 Å². The van der Waals surface area contributed by atoms with Crippen molar-refractivity contribution in [1.82, 2.24) is 5.32 Å². The number of hydrogen-bond donors (Lipinski definition) is 2. The summed E-state index contributed by atoms with van der Waals surface area (Å²) in [5.41, 5.74) is 17.0. The Labute approximate surface area is 229 Å². The molecule has 4 heteroatoms. The molecule has 0 spiro atoms. The number of fused-ring (bicyclic) bond motifs is 1. The van der Waals surface area contributed by atoms with E-state index in [4.69, 9.17) is 10.7 Å². The molecule has 0 radical (unpaired) electrons. The fourth-order valence-corrected chi connectivity index (χ4v) is 4.74. The molecule has 1 heterocycles. The number of carbonyl (C=O) groups excluding carboxylic acids is 1. The third-order valence-electron chi connectivity index (χ3n) is 6.88. The highest BCUT2D eigenvalue weighted by Gasteiger charge is 2.19.